The van der Waals surface area contributed by atoms with Crippen LogP contribution in [0, 0.1) is 0 Å². The number of unbranched alkanes of at least 4 members (excludes halogenated alkanes) is 1. The van der Waals surface area contributed by atoms with Crippen molar-refractivity contribution in [2.24, 2.45) is 0 Å². The summed E-state index contributed by atoms with van der Waals surface area (Å²) in [6, 6.07) is 0. The molecule has 1 rings (SSSR count). The monoisotopic (exact) mass is 287 g/mol. The molecule has 1 heterocycles. The molecule has 112 valence electrons. The van der Waals surface area contributed by atoms with Gasteiger partial charge in [-0.2, -0.15) is 0 Å². The molecule has 0 saturated carbocycles. The second-order valence-corrected chi connectivity index (χ2v) is 11.6. The highest BCUT2D eigenvalue weighted by molar-refractivity contribution is 6.74. The first-order valence-electron chi connectivity index (χ1n) is 7.24. The van der Waals surface area contributed by atoms with Crippen LogP contribution in [-0.4, -0.2) is 40.1 Å². The van der Waals surface area contributed by atoms with Gasteiger partial charge in [-0.05, 0) is 37.4 Å². The molecule has 1 aliphatic heterocycles. The number of aldehydes is 1. The zero-order valence-electron chi connectivity index (χ0n) is 13.0. The Labute approximate surface area is 118 Å². The highest BCUT2D eigenvalue weighted by Crippen LogP contribution is 2.36. The van der Waals surface area contributed by atoms with E-state index in [2.05, 4.69) is 39.2 Å². The molecular weight excluding hydrogens is 258 g/mol. The number of rotatable bonds is 7. The molecule has 0 spiro atoms. The summed E-state index contributed by atoms with van der Waals surface area (Å²) in [7, 11) is -1.59. The number of carbonyl (C=O) groups is 1. The Morgan fingerprint density at radius 2 is 2.05 bits per heavy atom. The van der Waals surface area contributed by atoms with Gasteiger partial charge in [-0.3, -0.25) is 10.1 Å². The molecule has 2 atom stereocenters. The lowest BCUT2D eigenvalue weighted by Gasteiger charge is -2.36. The van der Waals surface area contributed by atoms with E-state index in [0.29, 0.717) is 0 Å². The third kappa shape index (κ3) is 5.34. The molecule has 1 aliphatic rings. The van der Waals surface area contributed by atoms with Gasteiger partial charge in [-0.1, -0.05) is 20.8 Å². The van der Waals surface area contributed by atoms with E-state index in [4.69, 9.17) is 9.16 Å². The number of hydrogen-bond acceptors (Lipinski definition) is 4. The van der Waals surface area contributed by atoms with E-state index >= 15 is 0 Å². The average Bonchev–Trinajstić information content (AvgIpc) is 2.75. The fourth-order valence-electron chi connectivity index (χ4n) is 1.82. The Morgan fingerprint density at radius 3 is 2.58 bits per heavy atom. The van der Waals surface area contributed by atoms with Crippen molar-refractivity contribution in [2.75, 3.05) is 13.2 Å². The Kier molecular flexibility index (Phi) is 6.17. The molecule has 0 radical (unpaired) electrons. The first-order valence-corrected chi connectivity index (χ1v) is 10.2. The minimum Gasteiger partial charge on any atom is -0.417 e. The van der Waals surface area contributed by atoms with E-state index in [1.807, 2.05) is 0 Å². The quantitative estimate of drug-likeness (QED) is 0.444. The van der Waals surface area contributed by atoms with Crippen molar-refractivity contribution in [2.45, 2.75) is 70.5 Å². The zero-order valence-corrected chi connectivity index (χ0v) is 14.0. The molecule has 0 aliphatic carbocycles. The van der Waals surface area contributed by atoms with Gasteiger partial charge in [-0.25, -0.2) is 0 Å². The SMILES string of the molecule is CC(C)(C)[Si](C)(C)OCCCC[C@@H]1CNC(C=O)O1. The van der Waals surface area contributed by atoms with Gasteiger partial charge in [-0.15, -0.1) is 0 Å². The number of carbonyl (C=O) groups excluding carboxylic acids is 1. The van der Waals surface area contributed by atoms with Crippen LogP contribution in [0.4, 0.5) is 0 Å². The van der Waals surface area contributed by atoms with Gasteiger partial charge < -0.3 is 9.16 Å². The maximum atomic E-state index is 10.5. The summed E-state index contributed by atoms with van der Waals surface area (Å²) >= 11 is 0. The van der Waals surface area contributed by atoms with E-state index in [1.165, 1.54) is 0 Å². The second kappa shape index (κ2) is 6.97. The minimum atomic E-state index is -1.59. The molecule has 4 nitrogen and oxygen atoms in total. The van der Waals surface area contributed by atoms with Gasteiger partial charge in [0.1, 0.15) is 0 Å². The van der Waals surface area contributed by atoms with Crippen molar-refractivity contribution in [1.29, 1.82) is 0 Å². The standard InChI is InChI=1S/C14H29NO3Si/c1-14(2,3)19(4,5)17-9-7-6-8-12-10-15-13(11-16)18-12/h11-13,15H,6-10H2,1-5H3/t12-,13?/m1/s1. The van der Waals surface area contributed by atoms with Crippen LogP contribution in [0.25, 0.3) is 0 Å². The lowest BCUT2D eigenvalue weighted by molar-refractivity contribution is -0.118. The van der Waals surface area contributed by atoms with Crippen LogP contribution in [0.2, 0.25) is 18.1 Å². The van der Waals surface area contributed by atoms with Crippen molar-refractivity contribution >= 4 is 14.6 Å². The Balaban J connectivity index is 2.10. The summed E-state index contributed by atoms with van der Waals surface area (Å²) < 4.78 is 11.6. The van der Waals surface area contributed by atoms with Crippen LogP contribution in [-0.2, 0) is 14.0 Å². The minimum absolute atomic E-state index is 0.183. The maximum Gasteiger partial charge on any atom is 0.191 e. The van der Waals surface area contributed by atoms with Gasteiger partial charge in [0.2, 0.25) is 0 Å². The molecular formula is C14H29NO3Si. The van der Waals surface area contributed by atoms with Gasteiger partial charge in [0.25, 0.3) is 0 Å². The van der Waals surface area contributed by atoms with E-state index in [1.54, 1.807) is 0 Å². The number of nitrogens with one attached hydrogen (secondary N) is 1. The van der Waals surface area contributed by atoms with E-state index < -0.39 is 14.5 Å². The Hall–Kier alpha value is -0.233. The fourth-order valence-corrected chi connectivity index (χ4v) is 2.91. The van der Waals surface area contributed by atoms with Gasteiger partial charge in [0, 0.05) is 13.2 Å². The van der Waals surface area contributed by atoms with Gasteiger partial charge in [0.15, 0.2) is 20.8 Å². The average molecular weight is 287 g/mol. The molecule has 1 fully saturated rings. The summed E-state index contributed by atoms with van der Waals surface area (Å²) in [4.78, 5) is 10.5. The van der Waals surface area contributed by atoms with E-state index in [0.717, 1.165) is 38.7 Å². The molecule has 1 saturated heterocycles. The molecule has 0 bridgehead atoms. The largest absolute Gasteiger partial charge is 0.417 e. The summed E-state index contributed by atoms with van der Waals surface area (Å²) in [5.74, 6) is 0. The predicted octanol–water partition coefficient (Wildman–Crippen LogP) is 2.69. The first kappa shape index (κ1) is 16.8. The van der Waals surface area contributed by atoms with Crippen molar-refractivity contribution in [3.05, 3.63) is 0 Å². The number of hydrogen-bond donors (Lipinski definition) is 1. The van der Waals surface area contributed by atoms with Crippen molar-refractivity contribution in [3.8, 4) is 0 Å². The number of ether oxygens (including phenoxy) is 1. The summed E-state index contributed by atoms with van der Waals surface area (Å²) in [5.41, 5.74) is 0. The third-order valence-corrected chi connectivity index (χ3v) is 8.74. The zero-order chi connectivity index (χ0) is 14.5. The van der Waals surface area contributed by atoms with Crippen LogP contribution in [0.1, 0.15) is 40.0 Å². The lowest BCUT2D eigenvalue weighted by Crippen LogP contribution is -2.40. The molecule has 0 aromatic carbocycles. The van der Waals surface area contributed by atoms with Crippen molar-refractivity contribution in [3.63, 3.8) is 0 Å². The second-order valence-electron chi connectivity index (χ2n) is 6.83. The van der Waals surface area contributed by atoms with Crippen LogP contribution in [0.3, 0.4) is 0 Å². The predicted molar refractivity (Wildman–Crippen MR) is 79.7 cm³/mol. The van der Waals surface area contributed by atoms with Crippen molar-refractivity contribution < 1.29 is 14.0 Å². The van der Waals surface area contributed by atoms with E-state index in [-0.39, 0.29) is 11.1 Å². The van der Waals surface area contributed by atoms with Crippen LogP contribution in [0.5, 0.6) is 0 Å². The fraction of sp³-hybridized carbons (Fsp3) is 0.929. The molecule has 19 heavy (non-hydrogen) atoms. The van der Waals surface area contributed by atoms with Crippen LogP contribution >= 0.6 is 0 Å². The first-order chi connectivity index (χ1) is 8.76. The van der Waals surface area contributed by atoms with Crippen molar-refractivity contribution in [1.82, 2.24) is 5.32 Å². The third-order valence-electron chi connectivity index (χ3n) is 4.20. The summed E-state index contributed by atoms with van der Waals surface area (Å²) in [6.07, 6.45) is 3.76. The topological polar surface area (TPSA) is 47.6 Å². The van der Waals surface area contributed by atoms with Gasteiger partial charge >= 0.3 is 0 Å². The van der Waals surface area contributed by atoms with Gasteiger partial charge in [0.05, 0.1) is 6.10 Å². The molecule has 5 heteroatoms. The maximum absolute atomic E-state index is 10.5. The van der Waals surface area contributed by atoms with Crippen LogP contribution in [0.15, 0.2) is 0 Å². The van der Waals surface area contributed by atoms with E-state index in [9.17, 15) is 4.79 Å². The molecule has 0 amide bonds. The highest BCUT2D eigenvalue weighted by atomic mass is 28.4. The Bertz CT molecular complexity index is 289. The lowest BCUT2D eigenvalue weighted by atomic mass is 10.1. The summed E-state index contributed by atoms with van der Waals surface area (Å²) in [6.45, 7) is 13.0. The molecule has 1 N–H and O–H groups in total. The molecule has 0 aromatic heterocycles. The molecule has 1 unspecified atom stereocenters. The highest BCUT2D eigenvalue weighted by Gasteiger charge is 2.36. The molecule has 0 aromatic rings. The smallest absolute Gasteiger partial charge is 0.191 e. The normalized spacial score (nSPS) is 24.7. The summed E-state index contributed by atoms with van der Waals surface area (Å²) in [5, 5.41) is 3.31. The Morgan fingerprint density at radius 1 is 1.37 bits per heavy atom. The van der Waals surface area contributed by atoms with Crippen LogP contribution < -0.4 is 5.32 Å².